The van der Waals surface area contributed by atoms with E-state index in [-0.39, 0.29) is 45.3 Å². The highest BCUT2D eigenvalue weighted by molar-refractivity contribution is 6.03. The van der Waals surface area contributed by atoms with Crippen molar-refractivity contribution in [1.29, 1.82) is 0 Å². The van der Waals surface area contributed by atoms with Gasteiger partial charge < -0.3 is 18.9 Å². The molecule has 8 nitrogen and oxygen atoms in total. The van der Waals surface area contributed by atoms with E-state index in [4.69, 9.17) is 18.9 Å². The van der Waals surface area contributed by atoms with E-state index in [9.17, 15) is 19.2 Å². The fraction of sp³-hybridized carbons (Fsp3) is 0.133. The van der Waals surface area contributed by atoms with Crippen LogP contribution in [0, 0.1) is 0 Å². The number of hydrogen-bond acceptors (Lipinski definition) is 8. The summed E-state index contributed by atoms with van der Waals surface area (Å²) in [6.07, 6.45) is 0. The van der Waals surface area contributed by atoms with Gasteiger partial charge in [-0.2, -0.15) is 0 Å². The van der Waals surface area contributed by atoms with E-state index < -0.39 is 23.9 Å². The SMILES string of the molecule is C=C(C)C(=O)Oc1cc2cc3cc(OC(=O)C(=C)C)c(OC(=O)C(=C)C)cc3cc2cc1OC(=O)C(=C)C. The molecule has 0 aliphatic rings. The Morgan fingerprint density at radius 2 is 0.605 bits per heavy atom. The Morgan fingerprint density at radius 3 is 0.763 bits per heavy atom. The molecule has 0 N–H and O–H groups in total. The molecule has 0 aromatic heterocycles. The summed E-state index contributed by atoms with van der Waals surface area (Å²) >= 11 is 0. The van der Waals surface area contributed by atoms with Gasteiger partial charge in [0.2, 0.25) is 0 Å². The predicted molar refractivity (Wildman–Crippen MR) is 143 cm³/mol. The monoisotopic (exact) mass is 514 g/mol. The van der Waals surface area contributed by atoms with Gasteiger partial charge in [0.25, 0.3) is 0 Å². The molecule has 194 valence electrons. The Hall–Kier alpha value is -4.98. The van der Waals surface area contributed by atoms with Crippen molar-refractivity contribution in [2.45, 2.75) is 27.7 Å². The molecule has 0 fully saturated rings. The maximum atomic E-state index is 12.2. The Balaban J connectivity index is 2.23. The summed E-state index contributed by atoms with van der Waals surface area (Å²) in [4.78, 5) is 48.9. The minimum Gasteiger partial charge on any atom is -0.419 e. The second kappa shape index (κ2) is 11.0. The number of esters is 4. The van der Waals surface area contributed by atoms with Crippen LogP contribution in [0.2, 0.25) is 0 Å². The summed E-state index contributed by atoms with van der Waals surface area (Å²) in [7, 11) is 0. The number of fused-ring (bicyclic) bond motifs is 2. The normalized spacial score (nSPS) is 10.4. The molecule has 3 aromatic rings. The molecular weight excluding hydrogens is 488 g/mol. The van der Waals surface area contributed by atoms with Crippen LogP contribution in [0.25, 0.3) is 21.5 Å². The fourth-order valence-corrected chi connectivity index (χ4v) is 3.08. The Bertz CT molecular complexity index is 1360. The molecular formula is C30H26O8. The van der Waals surface area contributed by atoms with Gasteiger partial charge in [0.05, 0.1) is 0 Å². The topological polar surface area (TPSA) is 105 Å². The van der Waals surface area contributed by atoms with Crippen molar-refractivity contribution in [3.05, 3.63) is 85.0 Å². The molecule has 0 radical (unpaired) electrons. The first kappa shape index (κ1) is 27.6. The summed E-state index contributed by atoms with van der Waals surface area (Å²) < 4.78 is 21.6. The first-order chi connectivity index (χ1) is 17.8. The molecule has 0 spiro atoms. The minimum atomic E-state index is -0.698. The highest BCUT2D eigenvalue weighted by atomic mass is 16.6. The van der Waals surface area contributed by atoms with Crippen LogP contribution < -0.4 is 18.9 Å². The third-order valence-electron chi connectivity index (χ3n) is 5.13. The van der Waals surface area contributed by atoms with Gasteiger partial charge in [-0.3, -0.25) is 0 Å². The first-order valence-electron chi connectivity index (χ1n) is 11.3. The summed E-state index contributed by atoms with van der Waals surface area (Å²) in [5, 5.41) is 2.45. The zero-order chi connectivity index (χ0) is 28.3. The second-order valence-electron chi connectivity index (χ2n) is 8.82. The third kappa shape index (κ3) is 6.22. The van der Waals surface area contributed by atoms with Crippen LogP contribution in [-0.2, 0) is 19.2 Å². The number of carbonyl (C=O) groups is 4. The summed E-state index contributed by atoms with van der Waals surface area (Å²) in [5.41, 5.74) is 0.617. The van der Waals surface area contributed by atoms with Crippen LogP contribution in [0.5, 0.6) is 23.0 Å². The van der Waals surface area contributed by atoms with Gasteiger partial charge in [0.1, 0.15) is 0 Å². The van der Waals surface area contributed by atoms with Crippen LogP contribution in [0.4, 0.5) is 0 Å². The quantitative estimate of drug-likeness (QED) is 0.158. The lowest BCUT2D eigenvalue weighted by atomic mass is 10.0. The number of ether oxygens (including phenoxy) is 4. The molecule has 0 aliphatic heterocycles. The van der Waals surface area contributed by atoms with Crippen molar-refractivity contribution in [2.75, 3.05) is 0 Å². The Kier molecular flexibility index (Phi) is 7.96. The van der Waals surface area contributed by atoms with Crippen molar-refractivity contribution in [2.24, 2.45) is 0 Å². The summed E-state index contributed by atoms with van der Waals surface area (Å²) in [5.74, 6) is -2.79. The standard InChI is InChI=1S/C30H26O8/c1-15(2)27(31)35-23-11-19-9-21-13-25(37-29(33)17(5)6)26(38-30(34)18(7)8)14-22(21)10-20(19)12-24(23)36-28(32)16(3)4/h9-14H,1,3,5,7H2,2,4,6,8H3. The zero-order valence-electron chi connectivity index (χ0n) is 21.6. The largest absolute Gasteiger partial charge is 0.419 e. The van der Waals surface area contributed by atoms with Crippen LogP contribution in [0.3, 0.4) is 0 Å². The van der Waals surface area contributed by atoms with E-state index >= 15 is 0 Å². The molecule has 0 bridgehead atoms. The number of benzene rings is 3. The van der Waals surface area contributed by atoms with E-state index in [0.29, 0.717) is 21.5 Å². The van der Waals surface area contributed by atoms with Gasteiger partial charge in [-0.1, -0.05) is 26.3 Å². The lowest BCUT2D eigenvalue weighted by molar-refractivity contribution is -0.132. The molecule has 0 saturated heterocycles. The van der Waals surface area contributed by atoms with E-state index in [1.807, 2.05) is 0 Å². The van der Waals surface area contributed by atoms with Gasteiger partial charge in [0.15, 0.2) is 23.0 Å². The minimum absolute atomic E-state index is 0.000363. The van der Waals surface area contributed by atoms with E-state index in [2.05, 4.69) is 26.3 Å². The first-order valence-corrected chi connectivity index (χ1v) is 11.3. The predicted octanol–water partition coefficient (Wildman–Crippen LogP) is 5.92. The molecule has 0 saturated carbocycles. The maximum Gasteiger partial charge on any atom is 0.338 e. The van der Waals surface area contributed by atoms with Crippen molar-refractivity contribution < 1.29 is 38.1 Å². The summed E-state index contributed by atoms with van der Waals surface area (Å²) in [6.45, 7) is 20.2. The fourth-order valence-electron chi connectivity index (χ4n) is 3.08. The number of hydrogen-bond donors (Lipinski definition) is 0. The third-order valence-corrected chi connectivity index (χ3v) is 5.13. The molecule has 3 aromatic carbocycles. The average molecular weight is 515 g/mol. The molecule has 0 atom stereocenters. The molecule has 3 rings (SSSR count). The van der Waals surface area contributed by atoms with Crippen LogP contribution >= 0.6 is 0 Å². The lowest BCUT2D eigenvalue weighted by Gasteiger charge is -2.14. The van der Waals surface area contributed by atoms with Gasteiger partial charge >= 0.3 is 23.9 Å². The molecule has 0 aliphatic carbocycles. The molecule has 38 heavy (non-hydrogen) atoms. The maximum absolute atomic E-state index is 12.2. The van der Waals surface area contributed by atoms with Crippen molar-refractivity contribution >= 4 is 45.4 Å². The summed E-state index contributed by atoms with van der Waals surface area (Å²) in [6, 6.07) is 9.62. The van der Waals surface area contributed by atoms with E-state index in [0.717, 1.165) is 0 Å². The Labute approximate surface area is 219 Å². The molecule has 0 amide bonds. The van der Waals surface area contributed by atoms with Crippen molar-refractivity contribution in [3.63, 3.8) is 0 Å². The zero-order valence-corrected chi connectivity index (χ0v) is 21.6. The Morgan fingerprint density at radius 1 is 0.421 bits per heavy atom. The van der Waals surface area contributed by atoms with Gasteiger partial charge in [-0.05, 0) is 85.6 Å². The van der Waals surface area contributed by atoms with Crippen molar-refractivity contribution in [3.8, 4) is 23.0 Å². The molecule has 0 unspecified atom stereocenters. The van der Waals surface area contributed by atoms with Crippen LogP contribution in [0.15, 0.2) is 85.0 Å². The number of rotatable bonds is 8. The molecule has 0 heterocycles. The second-order valence-corrected chi connectivity index (χ2v) is 8.82. The van der Waals surface area contributed by atoms with Gasteiger partial charge in [-0.15, -0.1) is 0 Å². The van der Waals surface area contributed by atoms with Gasteiger partial charge in [0, 0.05) is 22.3 Å². The number of carbonyl (C=O) groups excluding carboxylic acids is 4. The average Bonchev–Trinajstić information content (AvgIpc) is 2.83. The van der Waals surface area contributed by atoms with E-state index in [1.54, 1.807) is 12.1 Å². The highest BCUT2D eigenvalue weighted by Crippen LogP contribution is 2.39. The lowest BCUT2D eigenvalue weighted by Crippen LogP contribution is -2.13. The van der Waals surface area contributed by atoms with Crippen LogP contribution in [-0.4, -0.2) is 23.9 Å². The van der Waals surface area contributed by atoms with Crippen molar-refractivity contribution in [1.82, 2.24) is 0 Å². The molecule has 8 heteroatoms. The van der Waals surface area contributed by atoms with Gasteiger partial charge in [-0.25, -0.2) is 19.2 Å². The smallest absolute Gasteiger partial charge is 0.338 e. The highest BCUT2D eigenvalue weighted by Gasteiger charge is 2.19. The van der Waals surface area contributed by atoms with E-state index in [1.165, 1.54) is 52.0 Å². The van der Waals surface area contributed by atoms with Crippen LogP contribution in [0.1, 0.15) is 27.7 Å².